The van der Waals surface area contributed by atoms with Gasteiger partial charge in [-0.2, -0.15) is 5.10 Å². The number of ether oxygens (including phenoxy) is 1. The highest BCUT2D eigenvalue weighted by Gasteiger charge is 2.12. The molecule has 0 aliphatic carbocycles. The highest BCUT2D eigenvalue weighted by Crippen LogP contribution is 2.11. The maximum atomic E-state index is 12.1. The van der Waals surface area contributed by atoms with Crippen molar-refractivity contribution in [3.05, 3.63) is 61.2 Å². The van der Waals surface area contributed by atoms with Crippen LogP contribution in [0.1, 0.15) is 0 Å². The number of sulfonamides is 1. The van der Waals surface area contributed by atoms with Crippen molar-refractivity contribution >= 4 is 15.8 Å². The molecule has 0 aliphatic heterocycles. The van der Waals surface area contributed by atoms with Crippen LogP contribution in [0.5, 0.6) is 5.75 Å². The zero-order valence-corrected chi connectivity index (χ0v) is 13.4. The number of nitrogens with zero attached hydrogens (tertiary/aromatic N) is 4. The second kappa shape index (κ2) is 7.09. The minimum atomic E-state index is -3.59. The molecule has 0 fully saturated rings. The van der Waals surface area contributed by atoms with E-state index in [1.54, 1.807) is 30.6 Å². The van der Waals surface area contributed by atoms with Gasteiger partial charge in [-0.3, -0.25) is 4.72 Å². The lowest BCUT2D eigenvalue weighted by Gasteiger charge is -2.09. The van der Waals surface area contributed by atoms with Crippen LogP contribution < -0.4 is 9.46 Å². The van der Waals surface area contributed by atoms with Crippen molar-refractivity contribution in [2.24, 2.45) is 0 Å². The van der Waals surface area contributed by atoms with Gasteiger partial charge < -0.3 is 4.74 Å². The smallest absolute Gasteiger partial charge is 0.237 e. The van der Waals surface area contributed by atoms with E-state index in [-0.39, 0.29) is 18.2 Å². The SMILES string of the molecule is O=S(=O)(CCOc1ccccc1)Nc1cc(-n2cccn2)ncn1. The third-order valence-electron chi connectivity index (χ3n) is 3.02. The Morgan fingerprint density at radius 2 is 1.96 bits per heavy atom. The average Bonchev–Trinajstić information content (AvgIpc) is 3.10. The Kier molecular flexibility index (Phi) is 4.71. The molecule has 0 radical (unpaired) electrons. The van der Waals surface area contributed by atoms with E-state index in [1.807, 2.05) is 18.2 Å². The fourth-order valence-corrected chi connectivity index (χ4v) is 2.76. The van der Waals surface area contributed by atoms with Gasteiger partial charge in [0.1, 0.15) is 30.3 Å². The van der Waals surface area contributed by atoms with Gasteiger partial charge in [-0.15, -0.1) is 0 Å². The van der Waals surface area contributed by atoms with Crippen LogP contribution in [0.25, 0.3) is 5.82 Å². The lowest BCUT2D eigenvalue weighted by molar-refractivity contribution is 0.341. The first-order valence-corrected chi connectivity index (χ1v) is 8.78. The second-order valence-corrected chi connectivity index (χ2v) is 6.64. The second-order valence-electron chi connectivity index (χ2n) is 4.79. The van der Waals surface area contributed by atoms with Crippen LogP contribution in [0.15, 0.2) is 61.2 Å². The van der Waals surface area contributed by atoms with Gasteiger partial charge in [0.05, 0.1) is 0 Å². The fraction of sp³-hybridized carbons (Fsp3) is 0.133. The monoisotopic (exact) mass is 345 g/mol. The Morgan fingerprint density at radius 3 is 2.71 bits per heavy atom. The standard InChI is InChI=1S/C15H15N5O3S/c21-24(22,10-9-23-13-5-2-1-3-6-13)19-14-11-15(17-12-16-14)20-8-4-7-18-20/h1-8,11-12H,9-10H2,(H,16,17,19). The summed E-state index contributed by atoms with van der Waals surface area (Å²) in [5, 5.41) is 4.04. The van der Waals surface area contributed by atoms with E-state index >= 15 is 0 Å². The van der Waals surface area contributed by atoms with Gasteiger partial charge in [-0.25, -0.2) is 23.1 Å². The van der Waals surface area contributed by atoms with E-state index in [2.05, 4.69) is 19.8 Å². The van der Waals surface area contributed by atoms with Crippen LogP contribution >= 0.6 is 0 Å². The molecule has 2 heterocycles. The van der Waals surface area contributed by atoms with E-state index in [0.717, 1.165) is 0 Å². The van der Waals surface area contributed by atoms with Gasteiger partial charge >= 0.3 is 0 Å². The molecule has 3 rings (SSSR count). The summed E-state index contributed by atoms with van der Waals surface area (Å²) in [6.45, 7) is 0.0381. The van der Waals surface area contributed by atoms with Crippen molar-refractivity contribution in [2.75, 3.05) is 17.1 Å². The highest BCUT2D eigenvalue weighted by molar-refractivity contribution is 7.92. The lowest BCUT2D eigenvalue weighted by Crippen LogP contribution is -2.22. The lowest BCUT2D eigenvalue weighted by atomic mass is 10.3. The first kappa shape index (κ1) is 15.9. The molecule has 124 valence electrons. The van der Waals surface area contributed by atoms with Gasteiger partial charge in [0.15, 0.2) is 5.82 Å². The van der Waals surface area contributed by atoms with Crippen molar-refractivity contribution in [2.45, 2.75) is 0 Å². The van der Waals surface area contributed by atoms with Crippen LogP contribution in [0, 0.1) is 0 Å². The molecule has 0 unspecified atom stereocenters. The number of aromatic nitrogens is 4. The van der Waals surface area contributed by atoms with Crippen LogP contribution in [-0.4, -0.2) is 40.5 Å². The van der Waals surface area contributed by atoms with Gasteiger partial charge in [0.25, 0.3) is 0 Å². The Bertz CT molecular complexity index is 882. The number of anilines is 1. The van der Waals surface area contributed by atoms with E-state index in [0.29, 0.717) is 11.6 Å². The maximum Gasteiger partial charge on any atom is 0.237 e. The van der Waals surface area contributed by atoms with E-state index in [1.165, 1.54) is 17.1 Å². The number of benzene rings is 1. The minimum Gasteiger partial charge on any atom is -0.492 e. The Labute approximate surface area is 139 Å². The molecule has 0 saturated heterocycles. The van der Waals surface area contributed by atoms with Crippen LogP contribution in [0.2, 0.25) is 0 Å². The summed E-state index contributed by atoms with van der Waals surface area (Å²) < 4.78 is 33.5. The minimum absolute atomic E-state index is 0.0381. The third kappa shape index (κ3) is 4.29. The van der Waals surface area contributed by atoms with Crippen molar-refractivity contribution < 1.29 is 13.2 Å². The predicted molar refractivity (Wildman–Crippen MR) is 88.5 cm³/mol. The Balaban J connectivity index is 1.61. The molecule has 1 aromatic carbocycles. The number of para-hydroxylation sites is 1. The summed E-state index contributed by atoms with van der Waals surface area (Å²) in [5.41, 5.74) is 0. The summed E-state index contributed by atoms with van der Waals surface area (Å²) in [5.74, 6) is 1.07. The zero-order chi connectivity index (χ0) is 16.8. The van der Waals surface area contributed by atoms with Gasteiger partial charge in [-0.1, -0.05) is 18.2 Å². The topological polar surface area (TPSA) is 99.0 Å². The Hall–Kier alpha value is -2.94. The number of nitrogens with one attached hydrogen (secondary N) is 1. The van der Waals surface area contributed by atoms with Gasteiger partial charge in [-0.05, 0) is 18.2 Å². The first-order valence-electron chi connectivity index (χ1n) is 7.13. The van der Waals surface area contributed by atoms with Crippen molar-refractivity contribution in [3.63, 3.8) is 0 Å². The molecule has 8 nitrogen and oxygen atoms in total. The summed E-state index contributed by atoms with van der Waals surface area (Å²) in [6, 6.07) is 12.3. The van der Waals surface area contributed by atoms with E-state index in [9.17, 15) is 8.42 Å². The number of rotatable bonds is 7. The van der Waals surface area contributed by atoms with Crippen molar-refractivity contribution in [1.82, 2.24) is 19.7 Å². The van der Waals surface area contributed by atoms with E-state index in [4.69, 9.17) is 4.74 Å². The van der Waals surface area contributed by atoms with Gasteiger partial charge in [0.2, 0.25) is 10.0 Å². The normalized spacial score (nSPS) is 11.2. The molecular weight excluding hydrogens is 330 g/mol. The third-order valence-corrected chi connectivity index (χ3v) is 4.24. The summed E-state index contributed by atoms with van der Waals surface area (Å²) in [7, 11) is -3.59. The average molecular weight is 345 g/mol. The quantitative estimate of drug-likeness (QED) is 0.696. The summed E-state index contributed by atoms with van der Waals surface area (Å²) in [4.78, 5) is 7.96. The van der Waals surface area contributed by atoms with Gasteiger partial charge in [0, 0.05) is 18.5 Å². The van der Waals surface area contributed by atoms with Crippen LogP contribution in [0.4, 0.5) is 5.82 Å². The molecule has 3 aromatic rings. The molecule has 9 heteroatoms. The van der Waals surface area contributed by atoms with Crippen molar-refractivity contribution in [3.8, 4) is 11.6 Å². The molecule has 0 amide bonds. The maximum absolute atomic E-state index is 12.1. The molecule has 0 spiro atoms. The Morgan fingerprint density at radius 1 is 1.12 bits per heavy atom. The molecular formula is C15H15N5O3S. The highest BCUT2D eigenvalue weighted by atomic mass is 32.2. The van der Waals surface area contributed by atoms with E-state index < -0.39 is 10.0 Å². The first-order chi connectivity index (χ1) is 11.6. The zero-order valence-electron chi connectivity index (χ0n) is 12.6. The molecule has 0 atom stereocenters. The number of hydrogen-bond donors (Lipinski definition) is 1. The summed E-state index contributed by atoms with van der Waals surface area (Å²) in [6.07, 6.45) is 4.58. The molecule has 0 aliphatic rings. The molecule has 0 saturated carbocycles. The molecule has 1 N–H and O–H groups in total. The summed E-state index contributed by atoms with van der Waals surface area (Å²) >= 11 is 0. The predicted octanol–water partition coefficient (Wildman–Crippen LogP) is 1.48. The van der Waals surface area contributed by atoms with Crippen LogP contribution in [-0.2, 0) is 10.0 Å². The fourth-order valence-electron chi connectivity index (χ4n) is 1.93. The number of hydrogen-bond acceptors (Lipinski definition) is 6. The largest absolute Gasteiger partial charge is 0.492 e. The van der Waals surface area contributed by atoms with Crippen LogP contribution in [0.3, 0.4) is 0 Å². The molecule has 24 heavy (non-hydrogen) atoms. The molecule has 0 bridgehead atoms. The molecule has 2 aromatic heterocycles. The van der Waals surface area contributed by atoms with Crippen molar-refractivity contribution in [1.29, 1.82) is 0 Å².